The summed E-state index contributed by atoms with van der Waals surface area (Å²) in [6.45, 7) is 2.03. The molecule has 25 heavy (non-hydrogen) atoms. The molecule has 0 saturated heterocycles. The van der Waals surface area contributed by atoms with Gasteiger partial charge in [-0.1, -0.05) is 48.5 Å². The summed E-state index contributed by atoms with van der Waals surface area (Å²) in [6.07, 6.45) is 4.00. The highest BCUT2D eigenvalue weighted by Crippen LogP contribution is 2.34. The lowest BCUT2D eigenvalue weighted by Gasteiger charge is -2.14. The fourth-order valence-electron chi connectivity index (χ4n) is 3.44. The van der Waals surface area contributed by atoms with Crippen LogP contribution >= 0.6 is 11.5 Å². The molecule has 0 amide bonds. The monoisotopic (exact) mass is 341 g/mol. The zero-order valence-corrected chi connectivity index (χ0v) is 14.5. The van der Waals surface area contributed by atoms with Crippen LogP contribution in [0.2, 0.25) is 0 Å². The van der Waals surface area contributed by atoms with Crippen LogP contribution in [0.1, 0.15) is 5.69 Å². The molecule has 0 fully saturated rings. The highest BCUT2D eigenvalue weighted by Gasteiger charge is 2.16. The lowest BCUT2D eigenvalue weighted by molar-refractivity contribution is 1.09. The Kier molecular flexibility index (Phi) is 3.18. The van der Waals surface area contributed by atoms with Crippen LogP contribution in [0.5, 0.6) is 0 Å². The predicted molar refractivity (Wildman–Crippen MR) is 104 cm³/mol. The van der Waals surface area contributed by atoms with E-state index in [1.54, 1.807) is 0 Å². The molecule has 0 aliphatic carbocycles. The van der Waals surface area contributed by atoms with E-state index in [1.165, 1.54) is 38.8 Å². The maximum atomic E-state index is 4.77. The summed E-state index contributed by atoms with van der Waals surface area (Å²) >= 11 is 1.45. The third kappa shape index (κ3) is 2.26. The maximum Gasteiger partial charge on any atom is 0.147 e. The smallest absolute Gasteiger partial charge is 0.147 e. The molecule has 2 aromatic heterocycles. The van der Waals surface area contributed by atoms with Crippen LogP contribution < -0.4 is 0 Å². The van der Waals surface area contributed by atoms with Crippen LogP contribution in [-0.2, 0) is 0 Å². The molecular formula is C21H15N3S. The molecule has 120 valence electrons. The Hall–Kier alpha value is -2.98. The third-order valence-electron chi connectivity index (χ3n) is 4.50. The Morgan fingerprint density at radius 3 is 2.24 bits per heavy atom. The van der Waals surface area contributed by atoms with E-state index >= 15 is 0 Å². The minimum atomic E-state index is 0.938. The molecule has 5 aromatic rings. The number of aromatic nitrogens is 3. The number of hydrogen-bond acceptors (Lipinski definition) is 3. The van der Waals surface area contributed by atoms with Crippen molar-refractivity contribution in [2.75, 3.05) is 0 Å². The number of aryl methyl sites for hydroxylation is 1. The zero-order valence-electron chi connectivity index (χ0n) is 13.7. The average Bonchev–Trinajstić information content (AvgIpc) is 3.29. The Labute approximate surface area is 149 Å². The van der Waals surface area contributed by atoms with Gasteiger partial charge >= 0.3 is 0 Å². The van der Waals surface area contributed by atoms with Gasteiger partial charge in [0.2, 0.25) is 0 Å². The van der Waals surface area contributed by atoms with Gasteiger partial charge in [0, 0.05) is 27.9 Å². The van der Waals surface area contributed by atoms with E-state index in [0.717, 1.165) is 17.1 Å². The van der Waals surface area contributed by atoms with Crippen molar-refractivity contribution in [3.05, 3.63) is 78.1 Å². The number of nitrogens with zero attached hydrogens (tertiary/aromatic N) is 3. The van der Waals surface area contributed by atoms with Crippen LogP contribution in [0.4, 0.5) is 0 Å². The van der Waals surface area contributed by atoms with Crippen LogP contribution in [0, 0.1) is 6.92 Å². The topological polar surface area (TPSA) is 30.7 Å². The van der Waals surface area contributed by atoms with Gasteiger partial charge in [-0.25, -0.2) is 9.36 Å². The fraction of sp³-hybridized carbons (Fsp3) is 0.0476. The van der Waals surface area contributed by atoms with E-state index in [4.69, 9.17) is 4.98 Å². The second-order valence-electron chi connectivity index (χ2n) is 6.16. The number of benzene rings is 3. The highest BCUT2D eigenvalue weighted by atomic mass is 32.1. The lowest BCUT2D eigenvalue weighted by atomic mass is 10.0. The zero-order chi connectivity index (χ0) is 16.8. The van der Waals surface area contributed by atoms with Crippen molar-refractivity contribution in [2.24, 2.45) is 0 Å². The van der Waals surface area contributed by atoms with E-state index in [-0.39, 0.29) is 0 Å². The number of imidazole rings is 1. The minimum absolute atomic E-state index is 0.938. The normalized spacial score (nSPS) is 11.4. The van der Waals surface area contributed by atoms with Crippen LogP contribution in [0.3, 0.4) is 0 Å². The van der Waals surface area contributed by atoms with Gasteiger partial charge in [-0.05, 0) is 35.3 Å². The highest BCUT2D eigenvalue weighted by molar-refractivity contribution is 7.03. The van der Waals surface area contributed by atoms with Gasteiger partial charge in [0.15, 0.2) is 0 Å². The summed E-state index contributed by atoms with van der Waals surface area (Å²) < 4.78 is 6.47. The van der Waals surface area contributed by atoms with Crippen molar-refractivity contribution in [3.8, 4) is 17.1 Å². The fourth-order valence-corrected chi connectivity index (χ4v) is 3.95. The lowest BCUT2D eigenvalue weighted by Crippen LogP contribution is -1.98. The molecule has 5 rings (SSSR count). The molecular weight excluding hydrogens is 326 g/mol. The Morgan fingerprint density at radius 2 is 1.60 bits per heavy atom. The van der Waals surface area contributed by atoms with Crippen molar-refractivity contribution >= 4 is 33.1 Å². The van der Waals surface area contributed by atoms with Crippen molar-refractivity contribution in [1.29, 1.82) is 0 Å². The predicted octanol–water partition coefficient (Wildman–Crippen LogP) is 5.61. The molecule has 2 heterocycles. The van der Waals surface area contributed by atoms with Gasteiger partial charge < -0.3 is 0 Å². The summed E-state index contributed by atoms with van der Waals surface area (Å²) in [5.74, 6) is 0.938. The summed E-state index contributed by atoms with van der Waals surface area (Å²) in [5, 5.41) is 6.96. The quantitative estimate of drug-likeness (QED) is 0.391. The molecule has 4 heteroatoms. The molecule has 0 aliphatic heterocycles. The van der Waals surface area contributed by atoms with Crippen molar-refractivity contribution in [3.63, 3.8) is 0 Å². The molecule has 3 aromatic carbocycles. The summed E-state index contributed by atoms with van der Waals surface area (Å²) in [7, 11) is 0. The van der Waals surface area contributed by atoms with Crippen LogP contribution in [-0.4, -0.2) is 13.9 Å². The first kappa shape index (κ1) is 14.4. The van der Waals surface area contributed by atoms with E-state index < -0.39 is 0 Å². The molecule has 0 spiro atoms. The molecule has 0 atom stereocenters. The van der Waals surface area contributed by atoms with Crippen molar-refractivity contribution in [2.45, 2.75) is 6.92 Å². The molecule has 0 aliphatic rings. The van der Waals surface area contributed by atoms with E-state index in [0.29, 0.717) is 0 Å². The first-order chi connectivity index (χ1) is 12.3. The molecule has 0 radical (unpaired) electrons. The number of fused-ring (bicyclic) bond motifs is 2. The van der Waals surface area contributed by atoms with Crippen molar-refractivity contribution < 1.29 is 0 Å². The Balaban J connectivity index is 1.95. The maximum absolute atomic E-state index is 4.77. The summed E-state index contributed by atoms with van der Waals surface area (Å²) in [5.41, 5.74) is 3.23. The van der Waals surface area contributed by atoms with E-state index in [2.05, 4.69) is 69.7 Å². The second kappa shape index (κ2) is 5.53. The first-order valence-electron chi connectivity index (χ1n) is 8.18. The summed E-state index contributed by atoms with van der Waals surface area (Å²) in [4.78, 5) is 4.77. The van der Waals surface area contributed by atoms with Gasteiger partial charge in [0.1, 0.15) is 5.82 Å². The molecule has 0 saturated carbocycles. The second-order valence-corrected chi connectivity index (χ2v) is 6.81. The Bertz CT molecular complexity index is 1150. The van der Waals surface area contributed by atoms with E-state index in [9.17, 15) is 0 Å². The number of rotatable bonds is 2. The van der Waals surface area contributed by atoms with Crippen LogP contribution in [0.15, 0.2) is 72.4 Å². The SMILES string of the molecule is Cc1cn(-c2c3ccccc3cc3ccccc23)c(-c2cnsc2)n1. The van der Waals surface area contributed by atoms with Crippen LogP contribution in [0.25, 0.3) is 38.6 Å². The average molecular weight is 341 g/mol. The minimum Gasteiger partial charge on any atom is -0.298 e. The van der Waals surface area contributed by atoms with Gasteiger partial charge in [-0.2, -0.15) is 0 Å². The van der Waals surface area contributed by atoms with Crippen molar-refractivity contribution in [1.82, 2.24) is 13.9 Å². The first-order valence-corrected chi connectivity index (χ1v) is 9.01. The molecule has 0 bridgehead atoms. The third-order valence-corrected chi connectivity index (χ3v) is 5.09. The summed E-state index contributed by atoms with van der Waals surface area (Å²) in [6, 6.07) is 19.3. The molecule has 0 N–H and O–H groups in total. The van der Waals surface area contributed by atoms with E-state index in [1.807, 2.05) is 18.5 Å². The van der Waals surface area contributed by atoms with Gasteiger partial charge in [0.05, 0.1) is 17.6 Å². The largest absolute Gasteiger partial charge is 0.298 e. The molecule has 0 unspecified atom stereocenters. The standard InChI is InChI=1S/C21H15N3S/c1-14-12-24(21(23-14)17-11-22-25-13-17)20-18-8-4-2-6-15(18)10-16-7-3-5-9-19(16)20/h2-13H,1H3. The van der Waals surface area contributed by atoms with Gasteiger partial charge in [0.25, 0.3) is 0 Å². The van der Waals surface area contributed by atoms with Gasteiger partial charge in [-0.3, -0.25) is 4.57 Å². The number of hydrogen-bond donors (Lipinski definition) is 0. The molecule has 3 nitrogen and oxygen atoms in total. The van der Waals surface area contributed by atoms with Gasteiger partial charge in [-0.15, -0.1) is 0 Å². The Morgan fingerprint density at radius 1 is 0.920 bits per heavy atom.